The summed E-state index contributed by atoms with van der Waals surface area (Å²) in [5, 5.41) is 5.26. The van der Waals surface area contributed by atoms with Crippen LogP contribution in [0.25, 0.3) is 0 Å². The number of nitrogens with two attached hydrogens (primary N) is 1. The first kappa shape index (κ1) is 17.5. The zero-order chi connectivity index (χ0) is 17.5. The van der Waals surface area contributed by atoms with Gasteiger partial charge in [-0.05, 0) is 31.2 Å². The molecule has 1 fully saturated rings. The van der Waals surface area contributed by atoms with Crippen LogP contribution in [0.4, 0.5) is 21.0 Å². The third kappa shape index (κ3) is 4.85. The Hall–Kier alpha value is -2.81. The number of anilines is 2. The molecule has 0 spiro atoms. The first-order valence-electron chi connectivity index (χ1n) is 7.50. The Bertz CT molecular complexity index is 604. The van der Waals surface area contributed by atoms with Crippen LogP contribution in [0.3, 0.4) is 0 Å². The van der Waals surface area contributed by atoms with E-state index in [0.717, 1.165) is 0 Å². The lowest BCUT2D eigenvalue weighted by Crippen LogP contribution is -2.51. The summed E-state index contributed by atoms with van der Waals surface area (Å²) in [6.45, 7) is 2.74. The van der Waals surface area contributed by atoms with Crippen LogP contribution in [0.15, 0.2) is 24.3 Å². The molecule has 1 atom stereocenters. The molecule has 1 aromatic rings. The zero-order valence-electron chi connectivity index (χ0n) is 13.3. The molecular weight excluding hydrogens is 316 g/mol. The van der Waals surface area contributed by atoms with Gasteiger partial charge in [0.15, 0.2) is 6.10 Å². The topological polar surface area (TPSA) is 123 Å². The van der Waals surface area contributed by atoms with Crippen molar-refractivity contribution in [3.63, 3.8) is 0 Å². The number of carbonyl (C=O) groups is 3. The first-order valence-corrected chi connectivity index (χ1v) is 7.50. The Morgan fingerprint density at radius 1 is 1.25 bits per heavy atom. The summed E-state index contributed by atoms with van der Waals surface area (Å²) in [4.78, 5) is 36.1. The Morgan fingerprint density at radius 3 is 2.46 bits per heavy atom. The number of ether oxygens (including phenoxy) is 2. The van der Waals surface area contributed by atoms with Gasteiger partial charge in [0.2, 0.25) is 5.91 Å². The van der Waals surface area contributed by atoms with Crippen LogP contribution >= 0.6 is 0 Å². The van der Waals surface area contributed by atoms with Crippen molar-refractivity contribution in [1.82, 2.24) is 4.90 Å². The van der Waals surface area contributed by atoms with Crippen molar-refractivity contribution in [3.05, 3.63) is 24.3 Å². The van der Waals surface area contributed by atoms with Crippen LogP contribution in [0, 0.1) is 0 Å². The highest BCUT2D eigenvalue weighted by Gasteiger charge is 2.27. The molecule has 0 aliphatic carbocycles. The van der Waals surface area contributed by atoms with E-state index in [1.807, 2.05) is 0 Å². The van der Waals surface area contributed by atoms with Gasteiger partial charge in [-0.3, -0.25) is 10.1 Å². The second-order valence-electron chi connectivity index (χ2n) is 5.06. The standard InChI is InChI=1S/C15H20N4O5/c1-2-23-15(22)18-11-5-3-10(4-6-11)17-14(21)19-7-8-24-12(9-19)13(16)20/h3-6,12H,2,7-9H2,1H3,(H2,16,20)(H,17,21)(H,18,22). The predicted molar refractivity (Wildman–Crippen MR) is 86.6 cm³/mol. The molecule has 0 saturated carbocycles. The van der Waals surface area contributed by atoms with Crippen LogP contribution in [0.2, 0.25) is 0 Å². The van der Waals surface area contributed by atoms with Crippen LogP contribution in [0.5, 0.6) is 0 Å². The Labute approximate surface area is 139 Å². The quantitative estimate of drug-likeness (QED) is 0.756. The Kier molecular flexibility index (Phi) is 5.96. The monoisotopic (exact) mass is 336 g/mol. The highest BCUT2D eigenvalue weighted by molar-refractivity contribution is 5.91. The summed E-state index contributed by atoms with van der Waals surface area (Å²) in [6, 6.07) is 6.21. The molecule has 0 bridgehead atoms. The minimum Gasteiger partial charge on any atom is -0.450 e. The molecular formula is C15H20N4O5. The van der Waals surface area contributed by atoms with E-state index >= 15 is 0 Å². The van der Waals surface area contributed by atoms with Gasteiger partial charge in [0.05, 0.1) is 19.8 Å². The van der Waals surface area contributed by atoms with Gasteiger partial charge in [-0.1, -0.05) is 0 Å². The minimum absolute atomic E-state index is 0.115. The van der Waals surface area contributed by atoms with Gasteiger partial charge in [0.25, 0.3) is 0 Å². The van der Waals surface area contributed by atoms with Gasteiger partial charge in [-0.15, -0.1) is 0 Å². The number of urea groups is 1. The molecule has 1 saturated heterocycles. The molecule has 1 unspecified atom stereocenters. The van der Waals surface area contributed by atoms with Gasteiger partial charge in [0, 0.05) is 17.9 Å². The van der Waals surface area contributed by atoms with Crippen molar-refractivity contribution in [2.45, 2.75) is 13.0 Å². The van der Waals surface area contributed by atoms with Crippen molar-refractivity contribution < 1.29 is 23.9 Å². The average Bonchev–Trinajstić information content (AvgIpc) is 2.57. The lowest BCUT2D eigenvalue weighted by molar-refractivity contribution is -0.133. The van der Waals surface area contributed by atoms with Gasteiger partial charge in [0.1, 0.15) is 0 Å². The second kappa shape index (κ2) is 8.16. The maximum Gasteiger partial charge on any atom is 0.411 e. The smallest absolute Gasteiger partial charge is 0.411 e. The molecule has 0 radical (unpaired) electrons. The summed E-state index contributed by atoms with van der Waals surface area (Å²) < 4.78 is 9.97. The lowest BCUT2D eigenvalue weighted by atomic mass is 10.2. The molecule has 1 heterocycles. The molecule has 1 aromatic carbocycles. The number of hydrogen-bond acceptors (Lipinski definition) is 5. The fourth-order valence-corrected chi connectivity index (χ4v) is 2.13. The number of hydrogen-bond donors (Lipinski definition) is 3. The van der Waals surface area contributed by atoms with Crippen molar-refractivity contribution in [3.8, 4) is 0 Å². The number of nitrogens with one attached hydrogen (secondary N) is 2. The summed E-state index contributed by atoms with van der Waals surface area (Å²) >= 11 is 0. The van der Waals surface area contributed by atoms with Gasteiger partial charge >= 0.3 is 12.1 Å². The fourth-order valence-electron chi connectivity index (χ4n) is 2.13. The molecule has 130 valence electrons. The van der Waals surface area contributed by atoms with Gasteiger partial charge in [-0.2, -0.15) is 0 Å². The minimum atomic E-state index is -0.791. The number of carbonyl (C=O) groups excluding carboxylic acids is 3. The lowest BCUT2D eigenvalue weighted by Gasteiger charge is -2.31. The van der Waals surface area contributed by atoms with Gasteiger partial charge < -0.3 is 25.4 Å². The van der Waals surface area contributed by atoms with Crippen molar-refractivity contribution in [2.75, 3.05) is 36.9 Å². The molecule has 1 aliphatic rings. The van der Waals surface area contributed by atoms with E-state index in [0.29, 0.717) is 17.9 Å². The Balaban J connectivity index is 1.89. The van der Waals surface area contributed by atoms with E-state index in [9.17, 15) is 14.4 Å². The molecule has 1 aliphatic heterocycles. The van der Waals surface area contributed by atoms with E-state index in [4.69, 9.17) is 15.2 Å². The van der Waals surface area contributed by atoms with Crippen LogP contribution < -0.4 is 16.4 Å². The number of rotatable bonds is 4. The third-order valence-corrected chi connectivity index (χ3v) is 3.33. The number of amides is 4. The largest absolute Gasteiger partial charge is 0.450 e. The molecule has 0 aromatic heterocycles. The fraction of sp³-hybridized carbons (Fsp3) is 0.400. The maximum absolute atomic E-state index is 12.2. The summed E-state index contributed by atoms with van der Waals surface area (Å²) in [5.74, 6) is -0.595. The molecule has 2 rings (SSSR count). The number of nitrogens with zero attached hydrogens (tertiary/aromatic N) is 1. The van der Waals surface area contributed by atoms with Gasteiger partial charge in [-0.25, -0.2) is 9.59 Å². The molecule has 9 heteroatoms. The number of primary amides is 1. The van der Waals surface area contributed by atoms with E-state index < -0.39 is 18.1 Å². The highest BCUT2D eigenvalue weighted by atomic mass is 16.5. The summed E-state index contributed by atoms with van der Waals surface area (Å²) in [5.41, 5.74) is 6.29. The van der Waals surface area contributed by atoms with Crippen molar-refractivity contribution in [2.24, 2.45) is 5.73 Å². The summed E-state index contributed by atoms with van der Waals surface area (Å²) in [6.07, 6.45) is -1.33. The number of morpholine rings is 1. The third-order valence-electron chi connectivity index (χ3n) is 3.33. The van der Waals surface area contributed by atoms with Crippen LogP contribution in [0.1, 0.15) is 6.92 Å². The maximum atomic E-state index is 12.2. The van der Waals surface area contributed by atoms with E-state index in [-0.39, 0.29) is 25.8 Å². The predicted octanol–water partition coefficient (Wildman–Crippen LogP) is 0.973. The Morgan fingerprint density at radius 2 is 1.88 bits per heavy atom. The number of benzene rings is 1. The van der Waals surface area contributed by atoms with E-state index in [1.165, 1.54) is 4.90 Å². The first-order chi connectivity index (χ1) is 11.5. The molecule has 4 amide bonds. The SMILES string of the molecule is CCOC(=O)Nc1ccc(NC(=O)N2CCOC(C(N)=O)C2)cc1. The highest BCUT2D eigenvalue weighted by Crippen LogP contribution is 2.15. The van der Waals surface area contributed by atoms with Crippen molar-refractivity contribution in [1.29, 1.82) is 0 Å². The summed E-state index contributed by atoms with van der Waals surface area (Å²) in [7, 11) is 0. The van der Waals surface area contributed by atoms with Crippen LogP contribution in [-0.2, 0) is 14.3 Å². The van der Waals surface area contributed by atoms with Crippen molar-refractivity contribution >= 4 is 29.4 Å². The normalized spacial score (nSPS) is 17.0. The van der Waals surface area contributed by atoms with Crippen LogP contribution in [-0.4, -0.2) is 55.3 Å². The molecule has 24 heavy (non-hydrogen) atoms. The zero-order valence-corrected chi connectivity index (χ0v) is 13.3. The average molecular weight is 336 g/mol. The van der Waals surface area contributed by atoms with E-state index in [1.54, 1.807) is 31.2 Å². The van der Waals surface area contributed by atoms with E-state index in [2.05, 4.69) is 10.6 Å². The second-order valence-corrected chi connectivity index (χ2v) is 5.06. The molecule has 4 N–H and O–H groups in total. The molecule has 9 nitrogen and oxygen atoms in total.